The Morgan fingerprint density at radius 3 is 2.45 bits per heavy atom. The Balaban J connectivity index is 2.13. The maximum absolute atomic E-state index is 13.4. The van der Waals surface area contributed by atoms with E-state index in [1.807, 2.05) is 6.08 Å². The SMILES string of the molecule is C=CCCCCC[C@H](C(=O)OC(C)(C)C)C(=O)N1CCC[C@H]1C(=O)NC1(C(=O)[O-])CC1C=C. The Bertz CT molecular complexity index is 786. The minimum absolute atomic E-state index is 0.219. The van der Waals surface area contributed by atoms with Crippen molar-refractivity contribution >= 4 is 23.8 Å². The van der Waals surface area contributed by atoms with E-state index in [9.17, 15) is 24.3 Å². The number of nitrogens with zero attached hydrogens (tertiary/aromatic N) is 1. The van der Waals surface area contributed by atoms with Crippen molar-refractivity contribution in [2.75, 3.05) is 6.54 Å². The van der Waals surface area contributed by atoms with Gasteiger partial charge in [-0.1, -0.05) is 25.0 Å². The lowest BCUT2D eigenvalue weighted by molar-refractivity contribution is -0.310. The molecule has 0 spiro atoms. The molecule has 0 radical (unpaired) electrons. The van der Waals surface area contributed by atoms with Gasteiger partial charge in [-0.15, -0.1) is 13.2 Å². The molecule has 2 rings (SSSR count). The first-order valence-corrected chi connectivity index (χ1v) is 11.8. The molecule has 1 saturated carbocycles. The number of carbonyl (C=O) groups excluding carboxylic acids is 4. The van der Waals surface area contributed by atoms with E-state index in [1.165, 1.54) is 11.0 Å². The van der Waals surface area contributed by atoms with Gasteiger partial charge in [0, 0.05) is 12.5 Å². The summed E-state index contributed by atoms with van der Waals surface area (Å²) >= 11 is 0. The molecule has 2 unspecified atom stereocenters. The molecule has 1 aliphatic heterocycles. The van der Waals surface area contributed by atoms with Crippen LogP contribution in [0, 0.1) is 11.8 Å². The third kappa shape index (κ3) is 6.68. The van der Waals surface area contributed by atoms with Crippen LogP contribution in [0.1, 0.15) is 72.1 Å². The Hall–Kier alpha value is -2.64. The molecule has 0 aromatic rings. The van der Waals surface area contributed by atoms with Gasteiger partial charge in [-0.3, -0.25) is 14.4 Å². The van der Waals surface area contributed by atoms with Crippen LogP contribution in [0.3, 0.4) is 0 Å². The van der Waals surface area contributed by atoms with Gasteiger partial charge in [-0.05, 0) is 59.3 Å². The zero-order valence-corrected chi connectivity index (χ0v) is 20.1. The van der Waals surface area contributed by atoms with Gasteiger partial charge in [0.05, 0.1) is 11.5 Å². The fraction of sp³-hybridized carbons (Fsp3) is 0.680. The van der Waals surface area contributed by atoms with E-state index in [-0.39, 0.29) is 6.42 Å². The summed E-state index contributed by atoms with van der Waals surface area (Å²) in [5.41, 5.74) is -2.21. The van der Waals surface area contributed by atoms with Crippen LogP contribution in [0.25, 0.3) is 0 Å². The van der Waals surface area contributed by atoms with Crippen LogP contribution in [0.2, 0.25) is 0 Å². The summed E-state index contributed by atoms with van der Waals surface area (Å²) in [7, 11) is 0. The molecular weight excluding hydrogens is 424 g/mol. The zero-order valence-electron chi connectivity index (χ0n) is 20.1. The number of carboxylic acids is 1. The van der Waals surface area contributed by atoms with Crippen molar-refractivity contribution < 1.29 is 29.0 Å². The fourth-order valence-corrected chi connectivity index (χ4v) is 4.34. The Labute approximate surface area is 196 Å². The lowest BCUT2D eigenvalue weighted by atomic mass is 9.98. The molecule has 184 valence electrons. The largest absolute Gasteiger partial charge is 0.548 e. The van der Waals surface area contributed by atoms with Crippen molar-refractivity contribution in [2.24, 2.45) is 11.8 Å². The highest BCUT2D eigenvalue weighted by Crippen LogP contribution is 2.44. The van der Waals surface area contributed by atoms with E-state index in [4.69, 9.17) is 4.74 Å². The monoisotopic (exact) mass is 461 g/mol. The average Bonchev–Trinajstić information content (AvgIpc) is 3.22. The molecule has 1 N–H and O–H groups in total. The second kappa shape index (κ2) is 11.0. The first-order valence-electron chi connectivity index (χ1n) is 11.8. The smallest absolute Gasteiger partial charge is 0.319 e. The number of nitrogens with one attached hydrogen (secondary N) is 1. The zero-order chi connectivity index (χ0) is 24.8. The number of allylic oxidation sites excluding steroid dienone is 1. The molecule has 0 bridgehead atoms. The Morgan fingerprint density at radius 2 is 1.91 bits per heavy atom. The molecule has 1 saturated heterocycles. The summed E-state index contributed by atoms with van der Waals surface area (Å²) in [5.74, 6) is -4.34. The predicted molar refractivity (Wildman–Crippen MR) is 122 cm³/mol. The normalized spacial score (nSPS) is 25.1. The van der Waals surface area contributed by atoms with Gasteiger partial charge in [0.15, 0.2) is 0 Å². The molecule has 4 atom stereocenters. The highest BCUT2D eigenvalue weighted by Gasteiger charge is 2.56. The first kappa shape index (κ1) is 26.6. The molecule has 8 heteroatoms. The second-order valence-corrected chi connectivity index (χ2v) is 10.00. The van der Waals surface area contributed by atoms with E-state index in [1.54, 1.807) is 20.8 Å². The highest BCUT2D eigenvalue weighted by atomic mass is 16.6. The highest BCUT2D eigenvalue weighted by molar-refractivity contribution is 6.01. The number of ether oxygens (including phenoxy) is 1. The average molecular weight is 462 g/mol. The van der Waals surface area contributed by atoms with Crippen LogP contribution in [-0.2, 0) is 23.9 Å². The lowest BCUT2D eigenvalue weighted by Crippen LogP contribution is -2.57. The lowest BCUT2D eigenvalue weighted by Gasteiger charge is -2.31. The number of likely N-dealkylation sites (tertiary alicyclic amines) is 1. The molecule has 2 amide bonds. The molecule has 0 aromatic heterocycles. The summed E-state index contributed by atoms with van der Waals surface area (Å²) in [6, 6.07) is -0.828. The molecule has 2 fully saturated rings. The third-order valence-corrected chi connectivity index (χ3v) is 6.24. The van der Waals surface area contributed by atoms with E-state index in [0.29, 0.717) is 32.2 Å². The Kier molecular flexibility index (Phi) is 8.86. The number of hydrogen-bond acceptors (Lipinski definition) is 6. The van der Waals surface area contributed by atoms with Crippen molar-refractivity contribution in [2.45, 2.75) is 89.3 Å². The van der Waals surface area contributed by atoms with Crippen LogP contribution < -0.4 is 10.4 Å². The molecule has 1 aliphatic carbocycles. The summed E-state index contributed by atoms with van der Waals surface area (Å²) in [6.07, 6.45) is 8.16. The van der Waals surface area contributed by atoms with Crippen molar-refractivity contribution in [1.29, 1.82) is 0 Å². The maximum Gasteiger partial charge on any atom is 0.319 e. The second-order valence-electron chi connectivity index (χ2n) is 10.00. The molecule has 8 nitrogen and oxygen atoms in total. The number of esters is 1. The van der Waals surface area contributed by atoms with E-state index < -0.39 is 52.8 Å². The van der Waals surface area contributed by atoms with Crippen molar-refractivity contribution in [3.8, 4) is 0 Å². The predicted octanol–water partition coefficient (Wildman–Crippen LogP) is 1.88. The van der Waals surface area contributed by atoms with Crippen molar-refractivity contribution in [1.82, 2.24) is 10.2 Å². The minimum atomic E-state index is -1.47. The molecule has 2 aliphatic rings. The minimum Gasteiger partial charge on any atom is -0.548 e. The van der Waals surface area contributed by atoms with Crippen LogP contribution >= 0.6 is 0 Å². The van der Waals surface area contributed by atoms with Gasteiger partial charge in [0.2, 0.25) is 11.8 Å². The quantitative estimate of drug-likeness (QED) is 0.205. The summed E-state index contributed by atoms with van der Waals surface area (Å²) < 4.78 is 5.50. The molecule has 33 heavy (non-hydrogen) atoms. The summed E-state index contributed by atoms with van der Waals surface area (Å²) in [5, 5.41) is 14.2. The number of aliphatic carboxylic acids is 1. The van der Waals surface area contributed by atoms with Gasteiger partial charge in [-0.25, -0.2) is 0 Å². The van der Waals surface area contributed by atoms with Gasteiger partial charge in [-0.2, -0.15) is 0 Å². The topological polar surface area (TPSA) is 116 Å². The van der Waals surface area contributed by atoms with Crippen LogP contribution in [0.15, 0.2) is 25.3 Å². The van der Waals surface area contributed by atoms with Crippen molar-refractivity contribution in [3.05, 3.63) is 25.3 Å². The molecule has 0 aromatic carbocycles. The van der Waals surface area contributed by atoms with Gasteiger partial charge < -0.3 is 24.9 Å². The van der Waals surface area contributed by atoms with Crippen LogP contribution in [0.4, 0.5) is 0 Å². The van der Waals surface area contributed by atoms with Crippen LogP contribution in [-0.4, -0.2) is 52.4 Å². The van der Waals surface area contributed by atoms with Gasteiger partial charge in [0.25, 0.3) is 0 Å². The van der Waals surface area contributed by atoms with Crippen LogP contribution in [0.5, 0.6) is 0 Å². The fourth-order valence-electron chi connectivity index (χ4n) is 4.34. The standard InChI is InChI=1S/C25H38N2O6/c1-6-8-9-10-11-13-18(22(30)33-24(3,4)5)21(29)27-15-12-14-19(27)20(28)26-25(23(31)32)16-17(25)7-2/h6-7,17-19H,1-2,8-16H2,3-5H3,(H,26,28)(H,31,32)/p-1/t17?,18-,19-,25?/m0/s1. The van der Waals surface area contributed by atoms with Gasteiger partial charge >= 0.3 is 5.97 Å². The van der Waals surface area contributed by atoms with E-state index in [2.05, 4.69) is 18.5 Å². The van der Waals surface area contributed by atoms with Crippen molar-refractivity contribution in [3.63, 3.8) is 0 Å². The number of rotatable bonds is 12. The van der Waals surface area contributed by atoms with E-state index >= 15 is 0 Å². The third-order valence-electron chi connectivity index (χ3n) is 6.24. The number of hydrogen-bond donors (Lipinski definition) is 1. The number of unbranched alkanes of at least 4 members (excludes halogenated alkanes) is 3. The van der Waals surface area contributed by atoms with E-state index in [0.717, 1.165) is 19.3 Å². The number of carbonyl (C=O) groups is 4. The maximum atomic E-state index is 13.4. The number of amides is 2. The summed E-state index contributed by atoms with van der Waals surface area (Å²) in [6.45, 7) is 12.9. The van der Waals surface area contributed by atoms with Gasteiger partial charge in [0.1, 0.15) is 17.6 Å². The molecule has 1 heterocycles. The Morgan fingerprint density at radius 1 is 1.21 bits per heavy atom. The number of carboxylic acid groups (broad SMARTS) is 1. The first-order chi connectivity index (χ1) is 15.5. The summed E-state index contributed by atoms with van der Waals surface area (Å²) in [4.78, 5) is 52.3. The molecular formula is C25H37N2O6-.